The van der Waals surface area contributed by atoms with Gasteiger partial charge in [0.05, 0.1) is 0 Å². The van der Waals surface area contributed by atoms with Gasteiger partial charge < -0.3 is 20.9 Å². The molecule has 0 radical (unpaired) electrons. The first-order valence-corrected chi connectivity index (χ1v) is 11.3. The van der Waals surface area contributed by atoms with E-state index >= 15 is 0 Å². The average Bonchev–Trinajstić information content (AvgIpc) is 3.53. The van der Waals surface area contributed by atoms with Crippen molar-refractivity contribution in [1.82, 2.24) is 4.90 Å². The highest BCUT2D eigenvalue weighted by molar-refractivity contribution is 6.04. The van der Waals surface area contributed by atoms with E-state index in [1.807, 2.05) is 54.6 Å². The van der Waals surface area contributed by atoms with Crippen molar-refractivity contribution in [2.24, 2.45) is 5.73 Å². The number of nitrogens with zero attached hydrogens (tertiary/aromatic N) is 2. The summed E-state index contributed by atoms with van der Waals surface area (Å²) in [6.45, 7) is 4.17. The molecule has 34 heavy (non-hydrogen) atoms. The fourth-order valence-electron chi connectivity index (χ4n) is 4.65. The summed E-state index contributed by atoms with van der Waals surface area (Å²) in [5, 5.41) is 3.01. The van der Waals surface area contributed by atoms with E-state index in [0.717, 1.165) is 38.3 Å². The number of nitrogens with one attached hydrogen (secondary N) is 1. The summed E-state index contributed by atoms with van der Waals surface area (Å²) in [4.78, 5) is 17.4. The van der Waals surface area contributed by atoms with Gasteiger partial charge in [0.15, 0.2) is 0 Å². The number of carbonyl (C=O) groups is 1. The van der Waals surface area contributed by atoms with Crippen molar-refractivity contribution in [3.63, 3.8) is 0 Å². The number of halogens is 2. The van der Waals surface area contributed by atoms with Gasteiger partial charge in [-0.3, -0.25) is 4.79 Å². The summed E-state index contributed by atoms with van der Waals surface area (Å²) in [5.74, 6) is 0.225. The van der Waals surface area contributed by atoms with Gasteiger partial charge in [0.2, 0.25) is 0 Å². The van der Waals surface area contributed by atoms with Gasteiger partial charge in [-0.25, -0.2) is 0 Å². The second-order valence-corrected chi connectivity index (χ2v) is 9.08. The average molecular weight is 499 g/mol. The number of benzene rings is 3. The van der Waals surface area contributed by atoms with Crippen molar-refractivity contribution in [2.75, 3.05) is 43.4 Å². The van der Waals surface area contributed by atoms with Gasteiger partial charge in [0.25, 0.3) is 5.91 Å². The summed E-state index contributed by atoms with van der Waals surface area (Å²) in [6, 6.07) is 26.3. The van der Waals surface area contributed by atoms with Crippen molar-refractivity contribution in [3.8, 4) is 0 Å². The largest absolute Gasteiger partial charge is 0.369 e. The fraction of sp³-hybridized carbons (Fsp3) is 0.296. The number of carbonyl (C=O) groups excluding carboxylic acids is 1. The van der Waals surface area contributed by atoms with Crippen molar-refractivity contribution in [1.29, 1.82) is 0 Å². The smallest absolute Gasteiger partial charge is 0.255 e. The van der Waals surface area contributed by atoms with Gasteiger partial charge in [-0.15, -0.1) is 24.8 Å². The maximum atomic E-state index is 12.7. The van der Waals surface area contributed by atoms with E-state index in [2.05, 4.69) is 46.4 Å². The first-order valence-electron chi connectivity index (χ1n) is 11.3. The topological polar surface area (TPSA) is 61.6 Å². The van der Waals surface area contributed by atoms with Gasteiger partial charge in [-0.1, -0.05) is 42.5 Å². The first kappa shape index (κ1) is 26.0. The van der Waals surface area contributed by atoms with Crippen molar-refractivity contribution < 1.29 is 4.79 Å². The number of likely N-dealkylation sites (N-methyl/N-ethyl adjacent to an activating group) is 1. The predicted octanol–water partition coefficient (Wildman–Crippen LogP) is 4.88. The molecule has 2 atom stereocenters. The van der Waals surface area contributed by atoms with Crippen LogP contribution < -0.4 is 16.0 Å². The molecule has 3 aromatic carbocycles. The van der Waals surface area contributed by atoms with E-state index in [1.165, 1.54) is 16.8 Å². The molecule has 1 amide bonds. The third-order valence-corrected chi connectivity index (χ3v) is 6.88. The van der Waals surface area contributed by atoms with E-state index in [1.54, 1.807) is 0 Å². The Balaban J connectivity index is 0.00000162. The third-order valence-electron chi connectivity index (χ3n) is 6.88. The zero-order valence-electron chi connectivity index (χ0n) is 19.3. The molecule has 2 aliphatic rings. The maximum absolute atomic E-state index is 12.7. The SMILES string of the molecule is CN1CCN(c2ccc(C(=O)Nc3ccc(C4CC4(N)c4ccccc4)cc3)cc2)CC1.Cl.Cl. The molecule has 1 saturated heterocycles. The number of amides is 1. The zero-order chi connectivity index (χ0) is 22.1. The molecule has 0 bridgehead atoms. The van der Waals surface area contributed by atoms with Gasteiger partial charge in [0, 0.05) is 54.6 Å². The highest BCUT2D eigenvalue weighted by atomic mass is 35.5. The minimum absolute atomic E-state index is 0. The molecule has 1 aliphatic heterocycles. The van der Waals surface area contributed by atoms with Crippen molar-refractivity contribution in [2.45, 2.75) is 17.9 Å². The van der Waals surface area contributed by atoms with Gasteiger partial charge >= 0.3 is 0 Å². The number of piperazine rings is 1. The predicted molar refractivity (Wildman–Crippen MR) is 145 cm³/mol. The molecule has 1 aliphatic carbocycles. The van der Waals surface area contributed by atoms with Gasteiger partial charge in [-0.2, -0.15) is 0 Å². The second kappa shape index (κ2) is 10.8. The van der Waals surface area contributed by atoms with Crippen LogP contribution in [0.15, 0.2) is 78.9 Å². The molecule has 2 fully saturated rings. The highest BCUT2D eigenvalue weighted by Gasteiger charge is 2.52. The molecule has 180 valence electrons. The Morgan fingerprint density at radius 1 is 0.882 bits per heavy atom. The van der Waals surface area contributed by atoms with Crippen LogP contribution in [0.1, 0.15) is 33.8 Å². The number of rotatable bonds is 5. The van der Waals surface area contributed by atoms with Crippen LogP contribution in [-0.4, -0.2) is 44.0 Å². The number of hydrogen-bond donors (Lipinski definition) is 2. The van der Waals surface area contributed by atoms with Crippen LogP contribution >= 0.6 is 24.8 Å². The van der Waals surface area contributed by atoms with E-state index < -0.39 is 0 Å². The quantitative estimate of drug-likeness (QED) is 0.526. The molecule has 3 N–H and O–H groups in total. The second-order valence-electron chi connectivity index (χ2n) is 9.08. The number of anilines is 2. The first-order chi connectivity index (χ1) is 15.5. The summed E-state index contributed by atoms with van der Waals surface area (Å²) in [7, 11) is 2.15. The molecule has 0 aromatic heterocycles. The van der Waals surface area contributed by atoms with Crippen LogP contribution in [0.5, 0.6) is 0 Å². The molecular weight excluding hydrogens is 467 g/mol. The van der Waals surface area contributed by atoms with Crippen LogP contribution in [0.3, 0.4) is 0 Å². The Morgan fingerprint density at radius 2 is 1.50 bits per heavy atom. The minimum Gasteiger partial charge on any atom is -0.369 e. The molecular formula is C27H32Cl2N4O. The molecule has 1 heterocycles. The van der Waals surface area contributed by atoms with Crippen molar-refractivity contribution >= 4 is 42.1 Å². The molecule has 0 spiro atoms. The summed E-state index contributed by atoms with van der Waals surface area (Å²) in [6.07, 6.45) is 0.947. The third kappa shape index (κ3) is 5.39. The summed E-state index contributed by atoms with van der Waals surface area (Å²) < 4.78 is 0. The Bertz CT molecular complexity index is 1080. The van der Waals surface area contributed by atoms with E-state index in [9.17, 15) is 4.79 Å². The summed E-state index contributed by atoms with van der Waals surface area (Å²) in [5.41, 5.74) is 11.4. The van der Waals surface area contributed by atoms with Gasteiger partial charge in [-0.05, 0) is 61.0 Å². The lowest BCUT2D eigenvalue weighted by molar-refractivity contribution is 0.102. The normalized spacial score (nSPS) is 21.7. The Morgan fingerprint density at radius 3 is 2.12 bits per heavy atom. The number of nitrogens with two attached hydrogens (primary N) is 1. The molecule has 1 saturated carbocycles. The molecule has 5 rings (SSSR count). The lowest BCUT2D eigenvalue weighted by atomic mass is 9.99. The van der Waals surface area contributed by atoms with Gasteiger partial charge in [0.1, 0.15) is 0 Å². The monoisotopic (exact) mass is 498 g/mol. The van der Waals surface area contributed by atoms with Crippen molar-refractivity contribution in [3.05, 3.63) is 95.6 Å². The minimum atomic E-state index is -0.280. The molecule has 2 unspecified atom stereocenters. The van der Waals surface area contributed by atoms with Crippen LogP contribution in [0.25, 0.3) is 0 Å². The molecule has 5 nitrogen and oxygen atoms in total. The van der Waals surface area contributed by atoms with E-state index in [-0.39, 0.29) is 36.3 Å². The Kier molecular flexibility index (Phi) is 8.26. The lowest BCUT2D eigenvalue weighted by Gasteiger charge is -2.34. The molecule has 3 aromatic rings. The van der Waals surface area contributed by atoms with Crippen LogP contribution in [0.2, 0.25) is 0 Å². The molecule has 7 heteroatoms. The lowest BCUT2D eigenvalue weighted by Crippen LogP contribution is -2.44. The number of hydrogen-bond acceptors (Lipinski definition) is 4. The standard InChI is InChI=1S/C27H30N4O.2ClH/c1-30-15-17-31(18-16-30)24-13-9-21(10-14-24)26(32)29-23-11-7-20(8-12-23)25-19-27(25,28)22-5-3-2-4-6-22;;/h2-14,25H,15-19,28H2,1H3,(H,29,32);2*1H. The zero-order valence-corrected chi connectivity index (χ0v) is 20.9. The highest BCUT2D eigenvalue weighted by Crippen LogP contribution is 2.56. The van der Waals surface area contributed by atoms with Crippen LogP contribution in [-0.2, 0) is 5.54 Å². The Hall–Kier alpha value is -2.57. The summed E-state index contributed by atoms with van der Waals surface area (Å²) >= 11 is 0. The van der Waals surface area contributed by atoms with E-state index in [0.29, 0.717) is 11.5 Å². The Labute approximate surface area is 214 Å². The fourth-order valence-corrected chi connectivity index (χ4v) is 4.65. The van der Waals surface area contributed by atoms with E-state index in [4.69, 9.17) is 5.73 Å². The van der Waals surface area contributed by atoms with Crippen LogP contribution in [0.4, 0.5) is 11.4 Å². The van der Waals surface area contributed by atoms with Crippen LogP contribution in [0, 0.1) is 0 Å². The maximum Gasteiger partial charge on any atom is 0.255 e.